The molecule has 124 valence electrons. The van der Waals surface area contributed by atoms with Crippen molar-refractivity contribution in [3.8, 4) is 0 Å². The minimum atomic E-state index is -3.73. The maximum Gasteiger partial charge on any atom is 0.276 e. The first kappa shape index (κ1) is 17.4. The lowest BCUT2D eigenvalue weighted by Gasteiger charge is -2.02. The van der Waals surface area contributed by atoms with Crippen LogP contribution in [-0.4, -0.2) is 19.6 Å². The van der Waals surface area contributed by atoms with Crippen molar-refractivity contribution in [2.24, 2.45) is 5.10 Å². The van der Waals surface area contributed by atoms with E-state index in [4.69, 9.17) is 0 Å². The largest absolute Gasteiger partial charge is 0.276 e. The number of sulfonamides is 1. The Hall–Kier alpha value is -3.00. The van der Waals surface area contributed by atoms with Crippen LogP contribution >= 0.6 is 0 Å². The Kier molecular flexibility index (Phi) is 5.43. The smallest absolute Gasteiger partial charge is 0.258 e. The Morgan fingerprint density at radius 2 is 1.79 bits per heavy atom. The summed E-state index contributed by atoms with van der Waals surface area (Å²) in [5.41, 5.74) is 1.31. The molecule has 0 fully saturated rings. The van der Waals surface area contributed by atoms with E-state index < -0.39 is 14.9 Å². The van der Waals surface area contributed by atoms with Crippen molar-refractivity contribution in [1.82, 2.24) is 4.83 Å². The highest BCUT2D eigenvalue weighted by molar-refractivity contribution is 7.89. The zero-order valence-corrected chi connectivity index (χ0v) is 13.6. The fourth-order valence-corrected chi connectivity index (χ4v) is 2.65. The van der Waals surface area contributed by atoms with Gasteiger partial charge in [0.25, 0.3) is 15.7 Å². The van der Waals surface area contributed by atoms with E-state index in [0.29, 0.717) is 5.56 Å². The van der Waals surface area contributed by atoms with E-state index >= 15 is 0 Å². The number of nitrogens with one attached hydrogen (secondary N) is 1. The number of nitro benzene ring substituents is 1. The molecule has 0 saturated heterocycles. The van der Waals surface area contributed by atoms with Crippen molar-refractivity contribution < 1.29 is 13.3 Å². The van der Waals surface area contributed by atoms with E-state index in [1.807, 2.05) is 6.92 Å². The number of aryl methyl sites for hydroxylation is 1. The Morgan fingerprint density at radius 3 is 2.46 bits per heavy atom. The van der Waals surface area contributed by atoms with Gasteiger partial charge in [-0.2, -0.15) is 13.5 Å². The van der Waals surface area contributed by atoms with Crippen LogP contribution in [0.4, 0.5) is 5.69 Å². The van der Waals surface area contributed by atoms with Crippen molar-refractivity contribution in [2.45, 2.75) is 11.8 Å². The Balaban J connectivity index is 2.05. The average molecular weight is 345 g/mol. The maximum atomic E-state index is 12.0. The first-order valence-electron chi connectivity index (χ1n) is 6.92. The summed E-state index contributed by atoms with van der Waals surface area (Å²) < 4.78 is 24.0. The van der Waals surface area contributed by atoms with Gasteiger partial charge in [0.1, 0.15) is 0 Å². The maximum absolute atomic E-state index is 12.0. The lowest BCUT2D eigenvalue weighted by Crippen LogP contribution is -2.17. The van der Waals surface area contributed by atoms with E-state index in [2.05, 4.69) is 9.93 Å². The highest BCUT2D eigenvalue weighted by atomic mass is 32.2. The standard InChI is InChI=1S/C16H15N3O4S/c1-13-8-10-15(11-9-13)24(22,23)18-17-12-4-6-14-5-2-3-7-16(14)19(20)21/h2-12,18H,1H3/b6-4+,17-12-. The van der Waals surface area contributed by atoms with Gasteiger partial charge in [-0.25, -0.2) is 4.83 Å². The third kappa shape index (κ3) is 4.50. The van der Waals surface area contributed by atoms with Crippen molar-refractivity contribution in [3.63, 3.8) is 0 Å². The summed E-state index contributed by atoms with van der Waals surface area (Å²) in [5.74, 6) is 0. The highest BCUT2D eigenvalue weighted by Crippen LogP contribution is 2.18. The molecule has 0 amide bonds. The third-order valence-corrected chi connectivity index (χ3v) is 4.31. The van der Waals surface area contributed by atoms with Crippen LogP contribution < -0.4 is 4.83 Å². The van der Waals surface area contributed by atoms with Gasteiger partial charge in [-0.1, -0.05) is 29.8 Å². The molecule has 8 heteroatoms. The highest BCUT2D eigenvalue weighted by Gasteiger charge is 2.11. The number of hydrogen-bond donors (Lipinski definition) is 1. The molecule has 0 aromatic heterocycles. The fourth-order valence-electron chi connectivity index (χ4n) is 1.85. The molecule has 0 heterocycles. The van der Waals surface area contributed by atoms with Gasteiger partial charge < -0.3 is 0 Å². The number of benzene rings is 2. The first-order valence-corrected chi connectivity index (χ1v) is 8.40. The lowest BCUT2D eigenvalue weighted by atomic mass is 10.2. The SMILES string of the molecule is Cc1ccc(S(=O)(=O)N/N=C\C=C\c2ccccc2[N+](=O)[O-])cc1. The van der Waals surface area contributed by atoms with Gasteiger partial charge in [-0.05, 0) is 37.3 Å². The van der Waals surface area contributed by atoms with E-state index in [9.17, 15) is 18.5 Å². The quantitative estimate of drug-likeness (QED) is 0.494. The summed E-state index contributed by atoms with van der Waals surface area (Å²) in [6.07, 6.45) is 4.10. The molecule has 0 unspecified atom stereocenters. The minimum Gasteiger partial charge on any atom is -0.258 e. The Morgan fingerprint density at radius 1 is 1.12 bits per heavy atom. The van der Waals surface area contributed by atoms with E-state index in [1.54, 1.807) is 30.3 Å². The molecular weight excluding hydrogens is 330 g/mol. The third-order valence-electron chi connectivity index (χ3n) is 3.07. The van der Waals surface area contributed by atoms with Crippen LogP contribution in [0.2, 0.25) is 0 Å². The summed E-state index contributed by atoms with van der Waals surface area (Å²) in [6, 6.07) is 12.5. The van der Waals surface area contributed by atoms with Crippen molar-refractivity contribution in [1.29, 1.82) is 0 Å². The number of para-hydroxylation sites is 1. The van der Waals surface area contributed by atoms with Gasteiger partial charge >= 0.3 is 0 Å². The van der Waals surface area contributed by atoms with Gasteiger partial charge in [0, 0.05) is 12.3 Å². The average Bonchev–Trinajstić information content (AvgIpc) is 2.55. The molecule has 0 saturated carbocycles. The van der Waals surface area contributed by atoms with Crippen LogP contribution in [0.5, 0.6) is 0 Å². The molecule has 0 aliphatic rings. The molecule has 2 aromatic rings. The molecule has 0 atom stereocenters. The van der Waals surface area contributed by atoms with Crippen LogP contribution in [0.15, 0.2) is 64.6 Å². The second-order valence-corrected chi connectivity index (χ2v) is 6.52. The first-order chi connectivity index (χ1) is 11.4. The van der Waals surface area contributed by atoms with Gasteiger partial charge in [-0.3, -0.25) is 10.1 Å². The van der Waals surface area contributed by atoms with Gasteiger partial charge in [0.15, 0.2) is 0 Å². The molecule has 0 spiro atoms. The fraction of sp³-hybridized carbons (Fsp3) is 0.0625. The van der Waals surface area contributed by atoms with Crippen LogP contribution in [-0.2, 0) is 10.0 Å². The minimum absolute atomic E-state index is 0.0395. The summed E-state index contributed by atoms with van der Waals surface area (Å²) in [7, 11) is -3.73. The molecule has 0 aliphatic carbocycles. The predicted molar refractivity (Wildman–Crippen MR) is 92.1 cm³/mol. The summed E-state index contributed by atoms with van der Waals surface area (Å²) in [4.78, 5) is 12.6. The van der Waals surface area contributed by atoms with Crippen LogP contribution in [0, 0.1) is 17.0 Å². The molecule has 0 bridgehead atoms. The van der Waals surface area contributed by atoms with E-state index in [1.165, 1.54) is 36.6 Å². The monoisotopic (exact) mass is 345 g/mol. The van der Waals surface area contributed by atoms with Crippen LogP contribution in [0.3, 0.4) is 0 Å². The normalized spacial score (nSPS) is 11.9. The topological polar surface area (TPSA) is 102 Å². The number of nitro groups is 1. The van der Waals surface area contributed by atoms with Gasteiger partial charge in [0.05, 0.1) is 15.4 Å². The number of hydrazone groups is 1. The van der Waals surface area contributed by atoms with Gasteiger partial charge in [0.2, 0.25) is 0 Å². The summed E-state index contributed by atoms with van der Waals surface area (Å²) in [6.45, 7) is 1.86. The molecule has 1 N–H and O–H groups in total. The molecular formula is C16H15N3O4S. The van der Waals surface area contributed by atoms with Crippen molar-refractivity contribution >= 4 is 28.0 Å². The van der Waals surface area contributed by atoms with Crippen LogP contribution in [0.25, 0.3) is 6.08 Å². The van der Waals surface area contributed by atoms with Crippen LogP contribution in [0.1, 0.15) is 11.1 Å². The molecule has 0 radical (unpaired) electrons. The number of hydrogen-bond acceptors (Lipinski definition) is 5. The number of nitrogens with zero attached hydrogens (tertiary/aromatic N) is 2. The Labute approximate surface area is 139 Å². The molecule has 2 rings (SSSR count). The molecule has 7 nitrogen and oxygen atoms in total. The Bertz CT molecular complexity index is 888. The molecule has 24 heavy (non-hydrogen) atoms. The van der Waals surface area contributed by atoms with Crippen molar-refractivity contribution in [2.75, 3.05) is 0 Å². The summed E-state index contributed by atoms with van der Waals surface area (Å²) in [5, 5.41) is 14.5. The second kappa shape index (κ2) is 7.51. The predicted octanol–water partition coefficient (Wildman–Crippen LogP) is 2.88. The molecule has 0 aliphatic heterocycles. The zero-order chi connectivity index (χ0) is 17.6. The molecule has 2 aromatic carbocycles. The lowest BCUT2D eigenvalue weighted by molar-refractivity contribution is -0.385. The number of allylic oxidation sites excluding steroid dienone is 1. The van der Waals surface area contributed by atoms with Crippen molar-refractivity contribution in [3.05, 3.63) is 75.8 Å². The zero-order valence-electron chi connectivity index (χ0n) is 12.8. The number of rotatable bonds is 6. The van der Waals surface area contributed by atoms with E-state index in [0.717, 1.165) is 5.56 Å². The van der Waals surface area contributed by atoms with Gasteiger partial charge in [-0.15, -0.1) is 0 Å². The van der Waals surface area contributed by atoms with E-state index in [-0.39, 0.29) is 10.6 Å². The summed E-state index contributed by atoms with van der Waals surface area (Å²) >= 11 is 0. The second-order valence-electron chi connectivity index (χ2n) is 4.86.